The lowest BCUT2D eigenvalue weighted by Crippen LogP contribution is -2.35. The fraction of sp³-hybridized carbons (Fsp3) is 0.316. The van der Waals surface area contributed by atoms with E-state index in [4.69, 9.17) is 33.4 Å². The third-order valence-electron chi connectivity index (χ3n) is 10.2. The Labute approximate surface area is 308 Å². The van der Waals surface area contributed by atoms with Crippen LogP contribution in [-0.2, 0) is 35.5 Å². The highest BCUT2D eigenvalue weighted by Gasteiger charge is 2.25. The van der Waals surface area contributed by atoms with Crippen molar-refractivity contribution in [2.75, 3.05) is 0 Å². The van der Waals surface area contributed by atoms with E-state index < -0.39 is 0 Å². The van der Waals surface area contributed by atoms with Crippen molar-refractivity contribution < 1.29 is 9.59 Å². The standard InChI is InChI=1S/C38H36Cl2N8O4/c1-3-23-19-47-31(37(51)45(23)17-21-11-13-33(49)41-21)15-29(43-47)27-9-5-7-25(35(27)39)26-8-6-10-28(36(26)40)30-16-32-38(52)46(18-22-12-14-34(50)42-22)24(4-2)20-48(32)44-30/h5-10,15-16,19-22H,3-4,11-14,17-18H2,1-2H3,(H,41,49)(H,42,50)/t21-,22-/m0/s1. The Kier molecular flexibility index (Phi) is 8.75. The molecule has 6 aromatic rings. The van der Waals surface area contributed by atoms with Crippen molar-refractivity contribution in [1.29, 1.82) is 0 Å². The number of nitrogens with zero attached hydrogens (tertiary/aromatic N) is 6. The van der Waals surface area contributed by atoms with Gasteiger partial charge in [0.2, 0.25) is 11.8 Å². The van der Waals surface area contributed by atoms with Gasteiger partial charge in [0.1, 0.15) is 11.0 Å². The average Bonchev–Trinajstić information content (AvgIpc) is 3.95. The molecule has 2 fully saturated rings. The number of aryl methyl sites for hydroxylation is 2. The van der Waals surface area contributed by atoms with Crippen LogP contribution in [0.4, 0.5) is 0 Å². The highest BCUT2D eigenvalue weighted by atomic mass is 35.5. The van der Waals surface area contributed by atoms with Crippen LogP contribution < -0.4 is 21.8 Å². The molecule has 4 aromatic heterocycles. The molecule has 0 unspecified atom stereocenters. The average molecular weight is 740 g/mol. The maximum Gasteiger partial charge on any atom is 0.276 e. The molecule has 266 valence electrons. The van der Waals surface area contributed by atoms with Crippen LogP contribution in [0.3, 0.4) is 0 Å². The highest BCUT2D eigenvalue weighted by Crippen LogP contribution is 2.42. The van der Waals surface area contributed by atoms with E-state index in [1.807, 2.05) is 62.6 Å². The number of rotatable bonds is 9. The SMILES string of the molecule is CCc1cn2nc(-c3cccc(-c4cccc(-c5cc6c(=O)n(C[C@@H]7CCC(=O)N7)c(CC)cn6n5)c4Cl)c3Cl)cc2c(=O)n1C[C@@H]1CCC(=O)N1. The van der Waals surface area contributed by atoms with Gasteiger partial charge in [-0.1, -0.05) is 73.4 Å². The van der Waals surface area contributed by atoms with Crippen LogP contribution in [0.5, 0.6) is 0 Å². The molecule has 12 nitrogen and oxygen atoms in total. The van der Waals surface area contributed by atoms with E-state index in [9.17, 15) is 19.2 Å². The topological polar surface area (TPSA) is 137 Å². The smallest absolute Gasteiger partial charge is 0.276 e. The van der Waals surface area contributed by atoms with E-state index in [-0.39, 0.29) is 35.0 Å². The van der Waals surface area contributed by atoms with Gasteiger partial charge < -0.3 is 19.8 Å². The Bertz CT molecular complexity index is 2370. The molecular formula is C38H36Cl2N8O4. The number of fused-ring (bicyclic) bond motifs is 2. The second-order valence-corrected chi connectivity index (χ2v) is 14.2. The zero-order chi connectivity index (χ0) is 36.3. The molecule has 2 aliphatic rings. The Morgan fingerprint density at radius 3 is 1.42 bits per heavy atom. The third kappa shape index (κ3) is 5.89. The van der Waals surface area contributed by atoms with Crippen molar-refractivity contribution >= 4 is 46.0 Å². The molecule has 0 radical (unpaired) electrons. The van der Waals surface area contributed by atoms with Crippen LogP contribution in [0.2, 0.25) is 10.0 Å². The van der Waals surface area contributed by atoms with Gasteiger partial charge in [-0.05, 0) is 37.8 Å². The summed E-state index contributed by atoms with van der Waals surface area (Å²) in [6.45, 7) is 4.77. The maximum atomic E-state index is 13.7. The van der Waals surface area contributed by atoms with Crippen molar-refractivity contribution in [2.24, 2.45) is 0 Å². The van der Waals surface area contributed by atoms with Gasteiger partial charge in [0.05, 0.1) is 21.4 Å². The first kappa shape index (κ1) is 33.9. The predicted molar refractivity (Wildman–Crippen MR) is 200 cm³/mol. The van der Waals surface area contributed by atoms with Gasteiger partial charge in [-0.25, -0.2) is 9.03 Å². The first-order chi connectivity index (χ1) is 25.1. The molecule has 8 rings (SSSR count). The van der Waals surface area contributed by atoms with Gasteiger partial charge in [-0.15, -0.1) is 0 Å². The molecule has 0 saturated carbocycles. The highest BCUT2D eigenvalue weighted by molar-refractivity contribution is 6.39. The minimum absolute atomic E-state index is 0.00497. The fourth-order valence-corrected chi connectivity index (χ4v) is 8.09. The molecule has 2 aliphatic heterocycles. The number of nitrogens with one attached hydrogen (secondary N) is 2. The molecule has 2 N–H and O–H groups in total. The van der Waals surface area contributed by atoms with Gasteiger partial charge >= 0.3 is 0 Å². The summed E-state index contributed by atoms with van der Waals surface area (Å²) in [5.74, 6) is 0.00995. The van der Waals surface area contributed by atoms with E-state index in [2.05, 4.69) is 10.6 Å². The first-order valence-corrected chi connectivity index (χ1v) is 18.3. The van der Waals surface area contributed by atoms with Crippen LogP contribution in [-0.4, -0.2) is 52.3 Å². The van der Waals surface area contributed by atoms with Crippen LogP contribution in [0.1, 0.15) is 50.9 Å². The van der Waals surface area contributed by atoms with Crippen molar-refractivity contribution in [3.63, 3.8) is 0 Å². The van der Waals surface area contributed by atoms with E-state index in [0.717, 1.165) is 11.4 Å². The Morgan fingerprint density at radius 2 is 1.06 bits per heavy atom. The molecule has 14 heteroatoms. The largest absolute Gasteiger partial charge is 0.352 e. The van der Waals surface area contributed by atoms with E-state index >= 15 is 0 Å². The zero-order valence-electron chi connectivity index (χ0n) is 28.7. The lowest BCUT2D eigenvalue weighted by Gasteiger charge is -2.16. The molecule has 52 heavy (non-hydrogen) atoms. The summed E-state index contributed by atoms with van der Waals surface area (Å²) in [5.41, 5.74) is 5.75. The third-order valence-corrected chi connectivity index (χ3v) is 11.0. The van der Waals surface area contributed by atoms with Crippen molar-refractivity contribution in [1.82, 2.24) is 39.0 Å². The summed E-state index contributed by atoms with van der Waals surface area (Å²) in [6.07, 6.45) is 7.26. The lowest BCUT2D eigenvalue weighted by molar-refractivity contribution is -0.120. The molecule has 6 heterocycles. The molecule has 0 bridgehead atoms. The Hall–Kier alpha value is -5.20. The van der Waals surface area contributed by atoms with Gasteiger partial charge in [0.25, 0.3) is 11.1 Å². The molecule has 0 spiro atoms. The molecular weight excluding hydrogens is 703 g/mol. The zero-order valence-corrected chi connectivity index (χ0v) is 30.2. The van der Waals surface area contributed by atoms with Gasteiger partial charge in [-0.2, -0.15) is 10.2 Å². The Morgan fingerprint density at radius 1 is 0.654 bits per heavy atom. The van der Waals surface area contributed by atoms with Crippen LogP contribution in [0.25, 0.3) is 44.7 Å². The molecule has 2 saturated heterocycles. The predicted octanol–water partition coefficient (Wildman–Crippen LogP) is 5.30. The van der Waals surface area contributed by atoms with Crippen molar-refractivity contribution in [2.45, 2.75) is 77.5 Å². The number of hydrogen-bond acceptors (Lipinski definition) is 6. The minimum atomic E-state index is -0.183. The summed E-state index contributed by atoms with van der Waals surface area (Å²) >= 11 is 14.3. The molecule has 0 aliphatic carbocycles. The number of carbonyl (C=O) groups is 2. The summed E-state index contributed by atoms with van der Waals surface area (Å²) in [7, 11) is 0. The molecule has 2 amide bonds. The summed E-state index contributed by atoms with van der Waals surface area (Å²) in [4.78, 5) is 51.1. The monoisotopic (exact) mass is 738 g/mol. The number of halogens is 2. The van der Waals surface area contributed by atoms with Crippen molar-refractivity contribution in [3.8, 4) is 33.6 Å². The number of carbonyl (C=O) groups excluding carboxylic acids is 2. The maximum absolute atomic E-state index is 13.7. The number of amides is 2. The number of aromatic nitrogens is 6. The number of benzene rings is 2. The Balaban J connectivity index is 1.15. The minimum Gasteiger partial charge on any atom is -0.352 e. The number of hydrogen-bond donors (Lipinski definition) is 2. The van der Waals surface area contributed by atoms with Crippen LogP contribution in [0, 0.1) is 0 Å². The molecule has 2 atom stereocenters. The lowest BCUT2D eigenvalue weighted by atomic mass is 9.98. The summed E-state index contributed by atoms with van der Waals surface area (Å²) in [6, 6.07) is 14.5. The summed E-state index contributed by atoms with van der Waals surface area (Å²) < 4.78 is 6.66. The van der Waals surface area contributed by atoms with Crippen LogP contribution in [0.15, 0.2) is 70.5 Å². The van der Waals surface area contributed by atoms with Gasteiger partial charge in [0, 0.05) is 84.1 Å². The summed E-state index contributed by atoms with van der Waals surface area (Å²) in [5, 5.41) is 16.3. The van der Waals surface area contributed by atoms with Gasteiger partial charge in [0.15, 0.2) is 0 Å². The second kappa shape index (κ2) is 13.4. The molecule has 2 aromatic carbocycles. The van der Waals surface area contributed by atoms with E-state index in [0.29, 0.717) is 106 Å². The fourth-order valence-electron chi connectivity index (χ4n) is 7.44. The van der Waals surface area contributed by atoms with Gasteiger partial charge in [-0.3, -0.25) is 19.2 Å². The first-order valence-electron chi connectivity index (χ1n) is 17.5. The van der Waals surface area contributed by atoms with Crippen LogP contribution >= 0.6 is 23.2 Å². The van der Waals surface area contributed by atoms with E-state index in [1.54, 1.807) is 30.3 Å². The second-order valence-electron chi connectivity index (χ2n) is 13.4. The van der Waals surface area contributed by atoms with Crippen molar-refractivity contribution in [3.05, 3.63) is 103 Å². The van der Waals surface area contributed by atoms with E-state index in [1.165, 1.54) is 0 Å². The quantitative estimate of drug-likeness (QED) is 0.207. The normalized spacial score (nSPS) is 17.4.